The summed E-state index contributed by atoms with van der Waals surface area (Å²) in [5, 5.41) is 2.95. The van der Waals surface area contributed by atoms with E-state index in [-0.39, 0.29) is 17.7 Å². The van der Waals surface area contributed by atoms with Crippen LogP contribution in [0.5, 0.6) is 0 Å². The highest BCUT2D eigenvalue weighted by atomic mass is 16.2. The zero-order valence-corrected chi connectivity index (χ0v) is 11.3. The van der Waals surface area contributed by atoms with Gasteiger partial charge in [-0.15, -0.1) is 0 Å². The highest BCUT2D eigenvalue weighted by molar-refractivity contribution is 6.03. The van der Waals surface area contributed by atoms with Gasteiger partial charge in [-0.1, -0.05) is 24.8 Å². The number of piperidine rings is 1. The topological polar surface area (TPSA) is 49.4 Å². The number of hydrogen-bond acceptors (Lipinski definition) is 2. The van der Waals surface area contributed by atoms with Gasteiger partial charge in [-0.3, -0.25) is 9.59 Å². The third-order valence-electron chi connectivity index (χ3n) is 4.33. The Morgan fingerprint density at radius 3 is 2.70 bits per heavy atom. The summed E-state index contributed by atoms with van der Waals surface area (Å²) in [4.78, 5) is 25.6. The average molecular weight is 270 g/mol. The lowest BCUT2D eigenvalue weighted by atomic mass is 9.81. The molecule has 0 bridgehead atoms. The van der Waals surface area contributed by atoms with E-state index in [1.54, 1.807) is 0 Å². The summed E-state index contributed by atoms with van der Waals surface area (Å²) >= 11 is 0. The molecule has 0 spiro atoms. The van der Waals surface area contributed by atoms with Crippen LogP contribution in [-0.4, -0.2) is 29.8 Å². The Labute approximate surface area is 118 Å². The number of benzene rings is 1. The molecule has 2 aliphatic heterocycles. The highest BCUT2D eigenvalue weighted by Gasteiger charge is 2.38. The van der Waals surface area contributed by atoms with Crippen molar-refractivity contribution in [1.82, 2.24) is 4.90 Å². The molecule has 2 aliphatic rings. The fraction of sp³-hybridized carbons (Fsp3) is 0.375. The number of likely N-dealkylation sites (tertiary alicyclic amines) is 1. The Hall–Kier alpha value is -2.10. The maximum atomic E-state index is 12.2. The Morgan fingerprint density at radius 2 is 2.00 bits per heavy atom. The van der Waals surface area contributed by atoms with Crippen LogP contribution >= 0.6 is 0 Å². The number of nitrogens with zero attached hydrogens (tertiary/aromatic N) is 1. The van der Waals surface area contributed by atoms with Gasteiger partial charge in [0.25, 0.3) is 0 Å². The molecule has 0 saturated carbocycles. The van der Waals surface area contributed by atoms with E-state index in [0.717, 1.165) is 24.1 Å². The number of amides is 2. The number of hydrogen-bond donors (Lipinski definition) is 1. The molecule has 104 valence electrons. The first kappa shape index (κ1) is 12.9. The van der Waals surface area contributed by atoms with Crippen LogP contribution in [0.1, 0.15) is 24.3 Å². The largest absolute Gasteiger partial charge is 0.339 e. The summed E-state index contributed by atoms with van der Waals surface area (Å²) in [5.74, 6) is 0.333. The van der Waals surface area contributed by atoms with Crippen LogP contribution in [0.25, 0.3) is 0 Å². The highest BCUT2D eigenvalue weighted by Crippen LogP contribution is 2.41. The minimum atomic E-state index is -0.0628. The van der Waals surface area contributed by atoms with Gasteiger partial charge < -0.3 is 10.2 Å². The Balaban J connectivity index is 1.74. The van der Waals surface area contributed by atoms with E-state index in [2.05, 4.69) is 11.9 Å². The number of fused-ring (bicyclic) bond motifs is 1. The Kier molecular flexibility index (Phi) is 3.30. The van der Waals surface area contributed by atoms with Gasteiger partial charge in [0.2, 0.25) is 11.8 Å². The van der Waals surface area contributed by atoms with Gasteiger partial charge >= 0.3 is 0 Å². The van der Waals surface area contributed by atoms with Crippen molar-refractivity contribution in [2.75, 3.05) is 18.4 Å². The van der Waals surface area contributed by atoms with Gasteiger partial charge in [0, 0.05) is 18.8 Å². The van der Waals surface area contributed by atoms with Gasteiger partial charge in [0.1, 0.15) is 0 Å². The molecule has 1 saturated heterocycles. The quantitative estimate of drug-likeness (QED) is 0.837. The maximum absolute atomic E-state index is 12.2. The average Bonchev–Trinajstić information content (AvgIpc) is 2.82. The summed E-state index contributed by atoms with van der Waals surface area (Å²) in [7, 11) is 0. The lowest BCUT2D eigenvalue weighted by Crippen LogP contribution is -2.39. The second-order valence-electron chi connectivity index (χ2n) is 5.42. The fourth-order valence-corrected chi connectivity index (χ4v) is 3.28. The second-order valence-corrected chi connectivity index (χ2v) is 5.42. The van der Waals surface area contributed by atoms with Crippen molar-refractivity contribution in [2.45, 2.75) is 18.8 Å². The van der Waals surface area contributed by atoms with Crippen molar-refractivity contribution >= 4 is 17.5 Å². The number of carbonyl (C=O) groups is 2. The number of anilines is 1. The van der Waals surface area contributed by atoms with Crippen molar-refractivity contribution in [3.63, 3.8) is 0 Å². The van der Waals surface area contributed by atoms with Crippen LogP contribution in [0.15, 0.2) is 36.9 Å². The molecule has 0 radical (unpaired) electrons. The molecule has 3 rings (SSSR count). The second kappa shape index (κ2) is 5.12. The van der Waals surface area contributed by atoms with E-state index >= 15 is 0 Å². The summed E-state index contributed by atoms with van der Waals surface area (Å²) in [6.07, 6.45) is 3.09. The van der Waals surface area contributed by atoms with Crippen molar-refractivity contribution in [2.24, 2.45) is 5.92 Å². The Morgan fingerprint density at radius 1 is 1.30 bits per heavy atom. The molecular formula is C16H18N2O2. The molecule has 4 heteroatoms. The molecule has 1 aromatic carbocycles. The number of carbonyl (C=O) groups excluding carboxylic acids is 2. The fourth-order valence-electron chi connectivity index (χ4n) is 3.28. The lowest BCUT2D eigenvalue weighted by Gasteiger charge is -2.33. The van der Waals surface area contributed by atoms with Gasteiger partial charge in [-0.2, -0.15) is 0 Å². The molecule has 20 heavy (non-hydrogen) atoms. The van der Waals surface area contributed by atoms with Crippen molar-refractivity contribution in [3.8, 4) is 0 Å². The van der Waals surface area contributed by atoms with Crippen LogP contribution in [0.4, 0.5) is 5.69 Å². The van der Waals surface area contributed by atoms with Gasteiger partial charge in [0.05, 0.1) is 5.92 Å². The van der Waals surface area contributed by atoms with Crippen LogP contribution in [0, 0.1) is 5.92 Å². The maximum Gasteiger partial charge on any atom is 0.245 e. The minimum absolute atomic E-state index is 0.0141. The third-order valence-corrected chi connectivity index (χ3v) is 4.33. The molecule has 2 amide bonds. The predicted molar refractivity (Wildman–Crippen MR) is 77.3 cm³/mol. The van der Waals surface area contributed by atoms with Crippen molar-refractivity contribution < 1.29 is 9.59 Å². The number of para-hydroxylation sites is 1. The summed E-state index contributed by atoms with van der Waals surface area (Å²) < 4.78 is 0. The van der Waals surface area contributed by atoms with Gasteiger partial charge in [-0.05, 0) is 36.5 Å². The van der Waals surface area contributed by atoms with E-state index in [9.17, 15) is 9.59 Å². The standard InChI is InChI=1S/C16H18N2O2/c1-2-14(19)18-9-7-11(8-10-18)15-12-5-3-4-6-13(12)17-16(15)20/h2-6,11,15H,1,7-10H2,(H,17,20). The molecule has 0 aromatic heterocycles. The van der Waals surface area contributed by atoms with Crippen LogP contribution < -0.4 is 5.32 Å². The SMILES string of the molecule is C=CC(=O)N1CCC(C2C(=O)Nc3ccccc32)CC1. The molecular weight excluding hydrogens is 252 g/mol. The van der Waals surface area contributed by atoms with Gasteiger partial charge in [-0.25, -0.2) is 0 Å². The van der Waals surface area contributed by atoms with E-state index < -0.39 is 0 Å². The van der Waals surface area contributed by atoms with E-state index in [1.165, 1.54) is 6.08 Å². The molecule has 0 aliphatic carbocycles. The first-order valence-corrected chi connectivity index (χ1v) is 7.02. The van der Waals surface area contributed by atoms with Crippen LogP contribution in [-0.2, 0) is 9.59 Å². The van der Waals surface area contributed by atoms with Crippen LogP contribution in [0.3, 0.4) is 0 Å². The zero-order valence-electron chi connectivity index (χ0n) is 11.3. The zero-order chi connectivity index (χ0) is 14.1. The normalized spacial score (nSPS) is 22.3. The van der Waals surface area contributed by atoms with Gasteiger partial charge in [0.15, 0.2) is 0 Å². The summed E-state index contributed by atoms with van der Waals surface area (Å²) in [6.45, 7) is 4.94. The van der Waals surface area contributed by atoms with Crippen molar-refractivity contribution in [1.29, 1.82) is 0 Å². The Bertz CT molecular complexity index is 559. The van der Waals surface area contributed by atoms with Crippen LogP contribution in [0.2, 0.25) is 0 Å². The minimum Gasteiger partial charge on any atom is -0.339 e. The predicted octanol–water partition coefficient (Wildman–Crippen LogP) is 2.15. The first-order chi connectivity index (χ1) is 9.70. The molecule has 4 nitrogen and oxygen atoms in total. The smallest absolute Gasteiger partial charge is 0.245 e. The van der Waals surface area contributed by atoms with E-state index in [0.29, 0.717) is 19.0 Å². The van der Waals surface area contributed by atoms with Crippen molar-refractivity contribution in [3.05, 3.63) is 42.5 Å². The number of nitrogens with one attached hydrogen (secondary N) is 1. The monoisotopic (exact) mass is 270 g/mol. The first-order valence-electron chi connectivity index (χ1n) is 7.02. The molecule has 1 atom stereocenters. The number of rotatable bonds is 2. The molecule has 1 N–H and O–H groups in total. The molecule has 1 fully saturated rings. The van der Waals surface area contributed by atoms with E-state index in [1.807, 2.05) is 29.2 Å². The summed E-state index contributed by atoms with van der Waals surface area (Å²) in [5.41, 5.74) is 2.04. The lowest BCUT2D eigenvalue weighted by molar-refractivity contribution is -0.127. The summed E-state index contributed by atoms with van der Waals surface area (Å²) in [6, 6.07) is 7.89. The third kappa shape index (κ3) is 2.11. The van der Waals surface area contributed by atoms with E-state index in [4.69, 9.17) is 0 Å². The molecule has 2 heterocycles. The molecule has 1 unspecified atom stereocenters. The molecule has 1 aromatic rings.